The molecule has 3 aromatic heterocycles. The largest absolute Gasteiger partial charge is 0.493 e. The molecule has 5 rings (SSSR count). The van der Waals surface area contributed by atoms with E-state index in [-0.39, 0.29) is 17.9 Å². The Kier molecular flexibility index (Phi) is 7.26. The van der Waals surface area contributed by atoms with Crippen molar-refractivity contribution < 1.29 is 14.6 Å². The molecule has 0 aliphatic carbocycles. The van der Waals surface area contributed by atoms with Gasteiger partial charge >= 0.3 is 0 Å². The third-order valence-electron chi connectivity index (χ3n) is 6.60. The predicted molar refractivity (Wildman–Crippen MR) is 147 cm³/mol. The molecule has 1 aromatic carbocycles. The van der Waals surface area contributed by atoms with Gasteiger partial charge in [-0.2, -0.15) is 0 Å². The maximum Gasteiger partial charge on any atom is 0.270 e. The molecule has 0 atom stereocenters. The number of aliphatic hydroxyl groups is 1. The minimum absolute atomic E-state index is 0.0264. The molecule has 0 bridgehead atoms. The molecule has 10 heteroatoms. The van der Waals surface area contributed by atoms with Crippen LogP contribution in [0.5, 0.6) is 5.75 Å². The fraction of sp³-hybridized carbons (Fsp3) is 0.357. The van der Waals surface area contributed by atoms with Gasteiger partial charge in [0.1, 0.15) is 11.4 Å². The maximum absolute atomic E-state index is 13.0. The van der Waals surface area contributed by atoms with Gasteiger partial charge in [0.05, 0.1) is 24.6 Å². The van der Waals surface area contributed by atoms with Crippen LogP contribution in [0.1, 0.15) is 24.3 Å². The van der Waals surface area contributed by atoms with E-state index in [1.165, 1.54) is 0 Å². The minimum atomic E-state index is -0.339. The quantitative estimate of drug-likeness (QED) is 0.326. The van der Waals surface area contributed by atoms with Gasteiger partial charge in [-0.1, -0.05) is 13.8 Å². The molecule has 1 amide bonds. The number of aromatic nitrogens is 4. The van der Waals surface area contributed by atoms with Crippen molar-refractivity contribution in [3.8, 4) is 17.1 Å². The van der Waals surface area contributed by atoms with Crippen LogP contribution < -0.4 is 10.1 Å². The highest BCUT2D eigenvalue weighted by Crippen LogP contribution is 2.25. The van der Waals surface area contributed by atoms with Crippen molar-refractivity contribution in [2.24, 2.45) is 5.41 Å². The lowest BCUT2D eigenvalue weighted by atomic mass is 9.97. The molecule has 198 valence electrons. The van der Waals surface area contributed by atoms with E-state index in [0.717, 1.165) is 42.8 Å². The number of H-pyrrole nitrogens is 1. The number of fused-ring (bicyclic) bond motifs is 1. The lowest BCUT2D eigenvalue weighted by Crippen LogP contribution is -2.47. The maximum atomic E-state index is 13.0. The Morgan fingerprint density at radius 2 is 1.84 bits per heavy atom. The predicted octanol–water partition coefficient (Wildman–Crippen LogP) is 3.55. The zero-order valence-corrected chi connectivity index (χ0v) is 21.9. The van der Waals surface area contributed by atoms with Crippen LogP contribution in [0.2, 0.25) is 0 Å². The standard InChI is InChI=1S/C28H33N7O3/c1-28(2,17-36)18-38-21-6-8-29-24(16-21)23-7-9-30-27(33-23)31-20-4-5-22-19(14-20)15-25(32-22)26(37)35-12-10-34(3)11-13-35/h4-9,14-16,32,36H,10-13,17-18H2,1-3H3,(H,30,31,33). The highest BCUT2D eigenvalue weighted by atomic mass is 16.5. The van der Waals surface area contributed by atoms with Gasteiger partial charge in [-0.25, -0.2) is 9.97 Å². The van der Waals surface area contributed by atoms with Crippen molar-refractivity contribution in [3.05, 3.63) is 60.6 Å². The number of hydrogen-bond donors (Lipinski definition) is 3. The van der Waals surface area contributed by atoms with Crippen molar-refractivity contribution >= 4 is 28.4 Å². The second-order valence-corrected chi connectivity index (χ2v) is 10.5. The van der Waals surface area contributed by atoms with Crippen molar-refractivity contribution in [2.75, 3.05) is 51.8 Å². The molecule has 4 heterocycles. The fourth-order valence-electron chi connectivity index (χ4n) is 4.16. The summed E-state index contributed by atoms with van der Waals surface area (Å²) in [5, 5.41) is 13.7. The van der Waals surface area contributed by atoms with Gasteiger partial charge in [0.25, 0.3) is 5.91 Å². The van der Waals surface area contributed by atoms with Gasteiger partial charge in [-0.3, -0.25) is 9.78 Å². The Hall–Kier alpha value is -4.02. The summed E-state index contributed by atoms with van der Waals surface area (Å²) in [4.78, 5) is 33.8. The second kappa shape index (κ2) is 10.8. The first kappa shape index (κ1) is 25.6. The molecule has 1 aliphatic heterocycles. The Labute approximate surface area is 221 Å². The van der Waals surface area contributed by atoms with Gasteiger partial charge in [-0.15, -0.1) is 0 Å². The first-order valence-corrected chi connectivity index (χ1v) is 12.7. The number of likely N-dealkylation sites (N-methyl/N-ethyl adjacent to an activating group) is 1. The van der Waals surface area contributed by atoms with E-state index in [1.807, 2.05) is 49.1 Å². The average molecular weight is 516 g/mol. The lowest BCUT2D eigenvalue weighted by Gasteiger charge is -2.32. The molecule has 0 spiro atoms. The molecule has 0 saturated carbocycles. The number of amides is 1. The number of aromatic amines is 1. The smallest absolute Gasteiger partial charge is 0.270 e. The van der Waals surface area contributed by atoms with E-state index in [1.54, 1.807) is 24.5 Å². The number of anilines is 2. The monoisotopic (exact) mass is 515 g/mol. The van der Waals surface area contributed by atoms with Crippen LogP contribution in [-0.4, -0.2) is 87.2 Å². The first-order valence-electron chi connectivity index (χ1n) is 12.7. The molecule has 4 aromatic rings. The van der Waals surface area contributed by atoms with E-state index in [9.17, 15) is 9.90 Å². The number of carbonyl (C=O) groups is 1. The summed E-state index contributed by atoms with van der Waals surface area (Å²) in [6, 6.07) is 13.1. The molecule has 10 nitrogen and oxygen atoms in total. The van der Waals surface area contributed by atoms with Gasteiger partial charge in [-0.05, 0) is 43.4 Å². The van der Waals surface area contributed by atoms with E-state index in [2.05, 4.69) is 37.2 Å². The molecule has 38 heavy (non-hydrogen) atoms. The van der Waals surface area contributed by atoms with Gasteiger partial charge < -0.3 is 29.9 Å². The summed E-state index contributed by atoms with van der Waals surface area (Å²) in [5.41, 5.74) is 3.27. The highest BCUT2D eigenvalue weighted by Gasteiger charge is 2.22. The summed E-state index contributed by atoms with van der Waals surface area (Å²) in [7, 11) is 2.07. The van der Waals surface area contributed by atoms with Crippen LogP contribution in [0.25, 0.3) is 22.3 Å². The summed E-state index contributed by atoms with van der Waals surface area (Å²) in [6.07, 6.45) is 3.35. The van der Waals surface area contributed by atoms with E-state index in [0.29, 0.717) is 35.4 Å². The normalized spacial score (nSPS) is 14.6. The lowest BCUT2D eigenvalue weighted by molar-refractivity contribution is 0.0659. The van der Waals surface area contributed by atoms with Crippen molar-refractivity contribution in [2.45, 2.75) is 13.8 Å². The molecular weight excluding hydrogens is 482 g/mol. The Morgan fingerprint density at radius 1 is 1.05 bits per heavy atom. The van der Waals surface area contributed by atoms with Gasteiger partial charge in [0, 0.05) is 66.6 Å². The molecule has 0 radical (unpaired) electrons. The SMILES string of the molecule is CN1CCN(C(=O)c2cc3cc(Nc4nccc(-c5cc(OCC(C)(C)CO)ccn5)n4)ccc3[nH]2)CC1. The summed E-state index contributed by atoms with van der Waals surface area (Å²) < 4.78 is 5.86. The summed E-state index contributed by atoms with van der Waals surface area (Å²) in [5.74, 6) is 1.11. The summed E-state index contributed by atoms with van der Waals surface area (Å²) in [6.45, 7) is 7.53. The highest BCUT2D eigenvalue weighted by molar-refractivity contribution is 5.98. The van der Waals surface area contributed by atoms with Gasteiger partial charge in [0.2, 0.25) is 5.95 Å². The fourth-order valence-corrected chi connectivity index (χ4v) is 4.16. The number of ether oxygens (including phenoxy) is 1. The van der Waals surface area contributed by atoms with Crippen molar-refractivity contribution in [3.63, 3.8) is 0 Å². The van der Waals surface area contributed by atoms with Crippen LogP contribution in [0.3, 0.4) is 0 Å². The molecule has 0 unspecified atom stereocenters. The minimum Gasteiger partial charge on any atom is -0.493 e. The molecular formula is C28H33N7O3. The number of aliphatic hydroxyl groups excluding tert-OH is 1. The third kappa shape index (κ3) is 5.92. The second-order valence-electron chi connectivity index (χ2n) is 10.5. The van der Waals surface area contributed by atoms with E-state index >= 15 is 0 Å². The van der Waals surface area contributed by atoms with Gasteiger partial charge in [0.15, 0.2) is 0 Å². The van der Waals surface area contributed by atoms with Crippen LogP contribution in [0.4, 0.5) is 11.6 Å². The van der Waals surface area contributed by atoms with Crippen molar-refractivity contribution in [1.29, 1.82) is 0 Å². The summed E-state index contributed by atoms with van der Waals surface area (Å²) >= 11 is 0. The Bertz CT molecular complexity index is 1430. The topological polar surface area (TPSA) is 120 Å². The van der Waals surface area contributed by atoms with Crippen LogP contribution in [-0.2, 0) is 0 Å². The van der Waals surface area contributed by atoms with E-state index in [4.69, 9.17) is 4.74 Å². The number of carbonyl (C=O) groups excluding carboxylic acids is 1. The number of rotatable bonds is 8. The number of piperazine rings is 1. The molecule has 1 aliphatic rings. The average Bonchev–Trinajstić information content (AvgIpc) is 3.36. The number of hydrogen-bond acceptors (Lipinski definition) is 8. The molecule has 1 fully saturated rings. The third-order valence-corrected chi connectivity index (χ3v) is 6.60. The Morgan fingerprint density at radius 3 is 2.63 bits per heavy atom. The number of benzene rings is 1. The van der Waals surface area contributed by atoms with Crippen LogP contribution in [0.15, 0.2) is 54.9 Å². The molecule has 1 saturated heterocycles. The Balaban J connectivity index is 1.30. The molecule has 3 N–H and O–H groups in total. The first-order chi connectivity index (χ1) is 18.3. The van der Waals surface area contributed by atoms with E-state index < -0.39 is 0 Å². The number of nitrogens with one attached hydrogen (secondary N) is 2. The van der Waals surface area contributed by atoms with Crippen LogP contribution >= 0.6 is 0 Å². The zero-order valence-electron chi connectivity index (χ0n) is 21.9. The number of pyridine rings is 1. The zero-order chi connectivity index (χ0) is 26.7. The van der Waals surface area contributed by atoms with Crippen LogP contribution in [0, 0.1) is 5.41 Å². The van der Waals surface area contributed by atoms with Crippen molar-refractivity contribution in [1.82, 2.24) is 29.7 Å². The number of nitrogens with zero attached hydrogens (tertiary/aromatic N) is 5.